The summed E-state index contributed by atoms with van der Waals surface area (Å²) >= 11 is 3.34. The lowest BCUT2D eigenvalue weighted by molar-refractivity contribution is -0.117. The number of amides is 1. The molecule has 0 unspecified atom stereocenters. The van der Waals surface area contributed by atoms with E-state index in [0.29, 0.717) is 5.25 Å². The maximum Gasteiger partial charge on any atom is 0.222 e. The van der Waals surface area contributed by atoms with Crippen molar-refractivity contribution in [3.05, 3.63) is 46.5 Å². The average molecular weight is 306 g/mol. The molecule has 0 aliphatic carbocycles. The van der Waals surface area contributed by atoms with E-state index in [9.17, 15) is 4.79 Å². The van der Waals surface area contributed by atoms with Crippen LogP contribution in [0.15, 0.2) is 34.7 Å². The summed E-state index contributed by atoms with van der Waals surface area (Å²) in [6, 6.07) is 10.4. The number of thiazole rings is 1. The van der Waals surface area contributed by atoms with Crippen LogP contribution < -0.4 is 5.73 Å². The van der Waals surface area contributed by atoms with E-state index in [-0.39, 0.29) is 12.3 Å². The first-order chi connectivity index (χ1) is 9.60. The van der Waals surface area contributed by atoms with Crippen LogP contribution in [0.1, 0.15) is 34.7 Å². The quantitative estimate of drug-likeness (QED) is 0.827. The van der Waals surface area contributed by atoms with E-state index >= 15 is 0 Å². The summed E-state index contributed by atoms with van der Waals surface area (Å²) in [7, 11) is 0. The Labute approximate surface area is 127 Å². The molecule has 106 valence electrons. The maximum atomic E-state index is 11.0. The molecular formula is C15H18N2OS2. The number of benzene rings is 1. The van der Waals surface area contributed by atoms with E-state index in [4.69, 9.17) is 5.73 Å². The van der Waals surface area contributed by atoms with Crippen molar-refractivity contribution < 1.29 is 4.79 Å². The maximum absolute atomic E-state index is 11.0. The number of aryl methyl sites for hydroxylation is 1. The van der Waals surface area contributed by atoms with Crippen molar-refractivity contribution in [2.24, 2.45) is 5.73 Å². The van der Waals surface area contributed by atoms with Crippen molar-refractivity contribution in [1.29, 1.82) is 0 Å². The number of primary amides is 1. The molecule has 0 spiro atoms. The fraction of sp³-hybridized carbons (Fsp3) is 0.333. The van der Waals surface area contributed by atoms with Gasteiger partial charge in [0.15, 0.2) is 4.34 Å². The van der Waals surface area contributed by atoms with Gasteiger partial charge in [-0.05, 0) is 18.9 Å². The molecule has 1 atom stereocenters. The van der Waals surface area contributed by atoms with E-state index in [1.54, 1.807) is 23.1 Å². The van der Waals surface area contributed by atoms with Gasteiger partial charge in [-0.15, -0.1) is 11.3 Å². The number of carbonyl (C=O) groups is 1. The third kappa shape index (κ3) is 3.84. The van der Waals surface area contributed by atoms with Crippen LogP contribution >= 0.6 is 23.1 Å². The molecule has 3 nitrogen and oxygen atoms in total. The van der Waals surface area contributed by atoms with E-state index in [0.717, 1.165) is 21.3 Å². The zero-order valence-electron chi connectivity index (χ0n) is 11.6. The van der Waals surface area contributed by atoms with E-state index in [1.165, 1.54) is 5.56 Å². The van der Waals surface area contributed by atoms with Crippen molar-refractivity contribution in [3.63, 3.8) is 0 Å². The lowest BCUT2D eigenvalue weighted by Crippen LogP contribution is -2.13. The molecule has 2 rings (SSSR count). The SMILES string of the molecule is CC[C@@H](Sc1nc(C)c(CC(N)=O)s1)c1ccccc1. The first-order valence-electron chi connectivity index (χ1n) is 6.56. The Hall–Kier alpha value is -1.33. The number of nitrogens with two attached hydrogens (primary N) is 1. The van der Waals surface area contributed by atoms with Gasteiger partial charge in [-0.25, -0.2) is 4.98 Å². The van der Waals surface area contributed by atoms with Crippen LogP contribution in [0, 0.1) is 6.92 Å². The summed E-state index contributed by atoms with van der Waals surface area (Å²) < 4.78 is 1.01. The highest BCUT2D eigenvalue weighted by atomic mass is 32.2. The number of hydrogen-bond acceptors (Lipinski definition) is 4. The van der Waals surface area contributed by atoms with Crippen LogP contribution in [0.3, 0.4) is 0 Å². The Morgan fingerprint density at radius 2 is 2.10 bits per heavy atom. The van der Waals surface area contributed by atoms with Crippen molar-refractivity contribution in [3.8, 4) is 0 Å². The Morgan fingerprint density at radius 3 is 2.70 bits per heavy atom. The third-order valence-electron chi connectivity index (χ3n) is 2.99. The highest BCUT2D eigenvalue weighted by Gasteiger charge is 2.16. The largest absolute Gasteiger partial charge is 0.369 e. The van der Waals surface area contributed by atoms with Crippen molar-refractivity contribution >= 4 is 29.0 Å². The molecule has 0 fully saturated rings. The Kier molecular flexibility index (Phi) is 5.20. The molecule has 1 heterocycles. The van der Waals surface area contributed by atoms with Gasteiger partial charge in [0.1, 0.15) is 0 Å². The second-order valence-electron chi connectivity index (χ2n) is 4.56. The third-order valence-corrected chi connectivity index (χ3v) is 5.67. The number of hydrogen-bond donors (Lipinski definition) is 1. The normalized spacial score (nSPS) is 12.3. The molecule has 0 aliphatic rings. The molecule has 0 bridgehead atoms. The second kappa shape index (κ2) is 6.90. The van der Waals surface area contributed by atoms with Crippen LogP contribution in [0.25, 0.3) is 0 Å². The fourth-order valence-corrected chi connectivity index (χ4v) is 4.49. The number of aromatic nitrogens is 1. The molecule has 0 saturated carbocycles. The zero-order valence-corrected chi connectivity index (χ0v) is 13.3. The molecule has 2 aromatic rings. The predicted octanol–water partition coefficient (Wildman–Crippen LogP) is 3.72. The van der Waals surface area contributed by atoms with Crippen LogP contribution in [-0.2, 0) is 11.2 Å². The van der Waals surface area contributed by atoms with Gasteiger partial charge in [-0.1, -0.05) is 49.0 Å². The van der Waals surface area contributed by atoms with Gasteiger partial charge in [0.25, 0.3) is 0 Å². The Bertz CT molecular complexity index is 581. The highest BCUT2D eigenvalue weighted by molar-refractivity contribution is 8.01. The molecule has 0 aliphatic heterocycles. The minimum absolute atomic E-state index is 0.284. The lowest BCUT2D eigenvalue weighted by Gasteiger charge is -2.12. The summed E-state index contributed by atoms with van der Waals surface area (Å²) in [6.45, 7) is 4.11. The topological polar surface area (TPSA) is 56.0 Å². The van der Waals surface area contributed by atoms with Gasteiger partial charge in [0.2, 0.25) is 5.91 Å². The van der Waals surface area contributed by atoms with Gasteiger partial charge in [0, 0.05) is 10.1 Å². The molecule has 2 N–H and O–H groups in total. The number of nitrogens with zero attached hydrogens (tertiary/aromatic N) is 1. The van der Waals surface area contributed by atoms with Gasteiger partial charge in [0.05, 0.1) is 12.1 Å². The van der Waals surface area contributed by atoms with Crippen LogP contribution in [0.2, 0.25) is 0 Å². The molecule has 20 heavy (non-hydrogen) atoms. The van der Waals surface area contributed by atoms with Gasteiger partial charge < -0.3 is 5.73 Å². The van der Waals surface area contributed by atoms with Crippen molar-refractivity contribution in [2.45, 2.75) is 36.3 Å². The Morgan fingerprint density at radius 1 is 1.40 bits per heavy atom. The first-order valence-corrected chi connectivity index (χ1v) is 8.26. The minimum Gasteiger partial charge on any atom is -0.369 e. The molecule has 1 aromatic heterocycles. The molecule has 5 heteroatoms. The van der Waals surface area contributed by atoms with E-state index in [2.05, 4.69) is 36.2 Å². The van der Waals surface area contributed by atoms with E-state index in [1.807, 2.05) is 13.0 Å². The van der Waals surface area contributed by atoms with Crippen LogP contribution in [0.5, 0.6) is 0 Å². The van der Waals surface area contributed by atoms with Crippen LogP contribution in [0.4, 0.5) is 0 Å². The smallest absolute Gasteiger partial charge is 0.222 e. The van der Waals surface area contributed by atoms with Gasteiger partial charge >= 0.3 is 0 Å². The molecule has 0 saturated heterocycles. The first kappa shape index (κ1) is 15.1. The van der Waals surface area contributed by atoms with E-state index < -0.39 is 0 Å². The summed E-state index contributed by atoms with van der Waals surface area (Å²) in [5.41, 5.74) is 7.48. The van der Waals surface area contributed by atoms with Gasteiger partial charge in [-0.3, -0.25) is 4.79 Å². The van der Waals surface area contributed by atoms with Crippen molar-refractivity contribution in [2.75, 3.05) is 0 Å². The molecule has 0 radical (unpaired) electrons. The number of rotatable bonds is 6. The van der Waals surface area contributed by atoms with Gasteiger partial charge in [-0.2, -0.15) is 0 Å². The standard InChI is InChI=1S/C15H18N2OS2/c1-3-12(11-7-5-4-6-8-11)19-15-17-10(2)13(20-15)9-14(16)18/h4-8,12H,3,9H2,1-2H3,(H2,16,18)/t12-/m1/s1. The molecule has 1 amide bonds. The highest BCUT2D eigenvalue weighted by Crippen LogP contribution is 2.40. The number of carbonyl (C=O) groups excluding carboxylic acids is 1. The summed E-state index contributed by atoms with van der Waals surface area (Å²) in [4.78, 5) is 16.5. The van der Waals surface area contributed by atoms with Crippen LogP contribution in [-0.4, -0.2) is 10.9 Å². The number of thioether (sulfide) groups is 1. The fourth-order valence-electron chi connectivity index (χ4n) is 1.95. The predicted molar refractivity (Wildman–Crippen MR) is 85.1 cm³/mol. The average Bonchev–Trinajstić information content (AvgIpc) is 2.76. The second-order valence-corrected chi connectivity index (χ2v) is 7.09. The summed E-state index contributed by atoms with van der Waals surface area (Å²) in [6.07, 6.45) is 1.32. The summed E-state index contributed by atoms with van der Waals surface area (Å²) in [5, 5.41) is 0.392. The lowest BCUT2D eigenvalue weighted by atomic mass is 10.1. The zero-order chi connectivity index (χ0) is 14.5. The monoisotopic (exact) mass is 306 g/mol. The molecule has 1 aromatic carbocycles. The Balaban J connectivity index is 2.14. The van der Waals surface area contributed by atoms with Crippen molar-refractivity contribution in [1.82, 2.24) is 4.98 Å². The summed E-state index contributed by atoms with van der Waals surface area (Å²) in [5.74, 6) is -0.302. The molecular weight excluding hydrogens is 288 g/mol. The minimum atomic E-state index is -0.302.